The second-order valence-corrected chi connectivity index (χ2v) is 8.13. The Hall–Kier alpha value is -3.63. The van der Waals surface area contributed by atoms with Crippen molar-refractivity contribution in [1.82, 2.24) is 9.97 Å². The van der Waals surface area contributed by atoms with Crippen LogP contribution in [0.5, 0.6) is 5.75 Å². The van der Waals surface area contributed by atoms with E-state index in [2.05, 4.69) is 32.3 Å². The average molecular weight is 428 g/mol. The minimum absolute atomic E-state index is 0.551. The molecule has 2 aliphatic rings. The van der Waals surface area contributed by atoms with Gasteiger partial charge in [-0.2, -0.15) is 5.26 Å². The summed E-state index contributed by atoms with van der Waals surface area (Å²) in [5.41, 5.74) is 3.56. The molecule has 32 heavy (non-hydrogen) atoms. The summed E-state index contributed by atoms with van der Waals surface area (Å²) in [6, 6.07) is 15.9. The van der Waals surface area contributed by atoms with Crippen molar-refractivity contribution in [1.29, 1.82) is 5.26 Å². The van der Waals surface area contributed by atoms with Crippen LogP contribution < -0.4 is 15.0 Å². The van der Waals surface area contributed by atoms with Crippen LogP contribution in [-0.2, 0) is 4.74 Å². The molecule has 2 aromatic heterocycles. The number of aromatic nitrogens is 2. The number of nitriles is 1. The summed E-state index contributed by atoms with van der Waals surface area (Å²) >= 11 is 0. The number of hydrogen-bond donors (Lipinski definition) is 1. The SMILES string of the molecule is N#Cc1cc(-c2ccnc(Nc3ccc(N4CCOCC4)cn3)c2)ccc1OCC1CC1. The molecule has 7 nitrogen and oxygen atoms in total. The predicted octanol–water partition coefficient (Wildman–Crippen LogP) is 4.38. The van der Waals surface area contributed by atoms with Gasteiger partial charge in [-0.25, -0.2) is 9.97 Å². The summed E-state index contributed by atoms with van der Waals surface area (Å²) in [4.78, 5) is 11.2. The van der Waals surface area contributed by atoms with Gasteiger partial charge in [0.2, 0.25) is 0 Å². The molecule has 162 valence electrons. The maximum atomic E-state index is 9.56. The van der Waals surface area contributed by atoms with E-state index in [-0.39, 0.29) is 0 Å². The van der Waals surface area contributed by atoms with Crippen molar-refractivity contribution in [2.75, 3.05) is 43.1 Å². The normalized spacial score (nSPS) is 15.8. The largest absolute Gasteiger partial charge is 0.492 e. The molecule has 0 amide bonds. The molecule has 0 unspecified atom stereocenters. The summed E-state index contributed by atoms with van der Waals surface area (Å²) in [7, 11) is 0. The molecule has 1 aliphatic carbocycles. The van der Waals surface area contributed by atoms with Gasteiger partial charge >= 0.3 is 0 Å². The van der Waals surface area contributed by atoms with Gasteiger partial charge < -0.3 is 19.7 Å². The van der Waals surface area contributed by atoms with E-state index in [1.807, 2.05) is 42.6 Å². The van der Waals surface area contributed by atoms with Crippen molar-refractivity contribution in [3.05, 3.63) is 60.4 Å². The zero-order chi connectivity index (χ0) is 21.8. The minimum atomic E-state index is 0.551. The van der Waals surface area contributed by atoms with Gasteiger partial charge in [0.1, 0.15) is 23.5 Å². The highest BCUT2D eigenvalue weighted by molar-refractivity contribution is 5.70. The Kier molecular flexibility index (Phi) is 5.86. The summed E-state index contributed by atoms with van der Waals surface area (Å²) < 4.78 is 11.2. The smallest absolute Gasteiger partial charge is 0.137 e. The monoisotopic (exact) mass is 427 g/mol. The Balaban J connectivity index is 1.29. The zero-order valence-electron chi connectivity index (χ0n) is 17.8. The molecule has 2 fully saturated rings. The molecule has 0 bridgehead atoms. The first-order chi connectivity index (χ1) is 15.8. The second kappa shape index (κ2) is 9.25. The summed E-state index contributed by atoms with van der Waals surface area (Å²) in [5.74, 6) is 2.72. The summed E-state index contributed by atoms with van der Waals surface area (Å²) in [5, 5.41) is 12.8. The fourth-order valence-electron chi connectivity index (χ4n) is 3.69. The number of rotatable bonds is 7. The number of hydrogen-bond acceptors (Lipinski definition) is 7. The van der Waals surface area contributed by atoms with Crippen LogP contribution in [0.25, 0.3) is 11.1 Å². The molecule has 7 heteroatoms. The van der Waals surface area contributed by atoms with Crippen molar-refractivity contribution < 1.29 is 9.47 Å². The molecule has 1 saturated carbocycles. The Labute approximate surface area is 187 Å². The molecule has 0 radical (unpaired) electrons. The zero-order valence-corrected chi connectivity index (χ0v) is 17.8. The summed E-state index contributed by atoms with van der Waals surface area (Å²) in [6.45, 7) is 3.95. The van der Waals surface area contributed by atoms with Crippen molar-refractivity contribution in [2.45, 2.75) is 12.8 Å². The number of anilines is 3. The van der Waals surface area contributed by atoms with Crippen LogP contribution in [0.2, 0.25) is 0 Å². The molecule has 3 aromatic rings. The van der Waals surface area contributed by atoms with Crippen LogP contribution in [0.3, 0.4) is 0 Å². The van der Waals surface area contributed by atoms with Crippen LogP contribution in [0.4, 0.5) is 17.3 Å². The molecule has 1 N–H and O–H groups in total. The van der Waals surface area contributed by atoms with E-state index in [0.717, 1.165) is 48.9 Å². The van der Waals surface area contributed by atoms with Crippen molar-refractivity contribution in [3.8, 4) is 22.9 Å². The van der Waals surface area contributed by atoms with Gasteiger partial charge in [-0.05, 0) is 66.3 Å². The van der Waals surface area contributed by atoms with Gasteiger partial charge in [0, 0.05) is 19.3 Å². The fourth-order valence-corrected chi connectivity index (χ4v) is 3.69. The highest BCUT2D eigenvalue weighted by Crippen LogP contribution is 2.32. The molecule has 0 spiro atoms. The second-order valence-electron chi connectivity index (χ2n) is 8.13. The van der Waals surface area contributed by atoms with Gasteiger partial charge in [-0.1, -0.05) is 6.07 Å². The fraction of sp³-hybridized carbons (Fsp3) is 0.320. The Morgan fingerprint density at radius 3 is 2.62 bits per heavy atom. The van der Waals surface area contributed by atoms with E-state index in [9.17, 15) is 5.26 Å². The lowest BCUT2D eigenvalue weighted by Crippen LogP contribution is -2.36. The van der Waals surface area contributed by atoms with Crippen LogP contribution in [0.15, 0.2) is 54.9 Å². The van der Waals surface area contributed by atoms with Crippen LogP contribution in [0, 0.1) is 17.2 Å². The number of benzene rings is 1. The molecule has 1 aromatic carbocycles. The molecule has 1 aliphatic heterocycles. The van der Waals surface area contributed by atoms with E-state index in [1.54, 1.807) is 6.20 Å². The predicted molar refractivity (Wildman–Crippen MR) is 123 cm³/mol. The number of morpholine rings is 1. The quantitative estimate of drug-likeness (QED) is 0.599. The highest BCUT2D eigenvalue weighted by Gasteiger charge is 2.22. The van der Waals surface area contributed by atoms with E-state index in [0.29, 0.717) is 29.7 Å². The highest BCUT2D eigenvalue weighted by atomic mass is 16.5. The van der Waals surface area contributed by atoms with Crippen LogP contribution in [-0.4, -0.2) is 42.9 Å². The third-order valence-corrected chi connectivity index (χ3v) is 5.74. The summed E-state index contributed by atoms with van der Waals surface area (Å²) in [6.07, 6.45) is 6.06. The Bertz CT molecular complexity index is 1120. The van der Waals surface area contributed by atoms with Crippen LogP contribution in [0.1, 0.15) is 18.4 Å². The maximum absolute atomic E-state index is 9.56. The lowest BCUT2D eigenvalue weighted by molar-refractivity contribution is 0.122. The molecule has 5 rings (SSSR count). The van der Waals surface area contributed by atoms with E-state index in [1.165, 1.54) is 12.8 Å². The van der Waals surface area contributed by atoms with Gasteiger partial charge in [-0.15, -0.1) is 0 Å². The van der Waals surface area contributed by atoms with Crippen LogP contribution >= 0.6 is 0 Å². The first-order valence-electron chi connectivity index (χ1n) is 11.0. The minimum Gasteiger partial charge on any atom is -0.492 e. The average Bonchev–Trinajstić information content (AvgIpc) is 3.68. The number of ether oxygens (including phenoxy) is 2. The van der Waals surface area contributed by atoms with E-state index in [4.69, 9.17) is 9.47 Å². The van der Waals surface area contributed by atoms with E-state index >= 15 is 0 Å². The Morgan fingerprint density at radius 2 is 1.88 bits per heavy atom. The third-order valence-electron chi connectivity index (χ3n) is 5.74. The topological polar surface area (TPSA) is 83.3 Å². The molecule has 0 atom stereocenters. The standard InChI is InChI=1S/C25H25N5O2/c26-15-21-13-19(3-5-23(21)32-17-18-1-2-18)20-7-8-27-25(14-20)29-24-6-4-22(16-28-24)30-9-11-31-12-10-30/h3-8,13-14,16,18H,1-2,9-12,17H2,(H,27,28,29). The van der Waals surface area contributed by atoms with Gasteiger partial charge in [0.15, 0.2) is 0 Å². The van der Waals surface area contributed by atoms with Crippen molar-refractivity contribution in [2.24, 2.45) is 5.92 Å². The first-order valence-corrected chi connectivity index (χ1v) is 11.0. The van der Waals surface area contributed by atoms with E-state index < -0.39 is 0 Å². The van der Waals surface area contributed by atoms with Gasteiger partial charge in [-0.3, -0.25) is 0 Å². The third kappa shape index (κ3) is 4.82. The maximum Gasteiger partial charge on any atom is 0.137 e. The van der Waals surface area contributed by atoms with Crippen molar-refractivity contribution in [3.63, 3.8) is 0 Å². The number of pyridine rings is 2. The van der Waals surface area contributed by atoms with Gasteiger partial charge in [0.25, 0.3) is 0 Å². The van der Waals surface area contributed by atoms with Gasteiger partial charge in [0.05, 0.1) is 37.3 Å². The lowest BCUT2D eigenvalue weighted by Gasteiger charge is -2.28. The lowest BCUT2D eigenvalue weighted by atomic mass is 10.0. The van der Waals surface area contributed by atoms with Crippen molar-refractivity contribution >= 4 is 17.3 Å². The number of nitrogens with zero attached hydrogens (tertiary/aromatic N) is 4. The molecular formula is C25H25N5O2. The molecule has 3 heterocycles. The first kappa shape index (κ1) is 20.3. The molecule has 1 saturated heterocycles. The number of nitrogens with one attached hydrogen (secondary N) is 1. The molecular weight excluding hydrogens is 402 g/mol. The Morgan fingerprint density at radius 1 is 1.03 bits per heavy atom.